The fourth-order valence-electron chi connectivity index (χ4n) is 1.99. The van der Waals surface area contributed by atoms with E-state index in [9.17, 15) is 9.59 Å². The van der Waals surface area contributed by atoms with E-state index in [1.807, 2.05) is 6.07 Å². The molecular formula is C15H15N3O2. The number of hydrogen-bond donors (Lipinski definition) is 2. The molecule has 2 rings (SSSR count). The standard InChI is InChI=1S/C15H15N3O2/c16-9-12-3-1-2-11(8-12)4-6-15(20)18-13-5-7-14(19)17-10-13/h1-4,6,8,13H,5,7,10H2,(H,17,19)(H,18,20). The molecule has 1 saturated heterocycles. The first-order valence-electron chi connectivity index (χ1n) is 6.43. The normalized spacial score (nSPS) is 18.4. The molecule has 0 aliphatic carbocycles. The van der Waals surface area contributed by atoms with Crippen LogP contribution in [0.2, 0.25) is 0 Å². The summed E-state index contributed by atoms with van der Waals surface area (Å²) in [7, 11) is 0. The maximum Gasteiger partial charge on any atom is 0.244 e. The van der Waals surface area contributed by atoms with Crippen molar-refractivity contribution in [3.8, 4) is 6.07 Å². The predicted molar refractivity (Wildman–Crippen MR) is 74.4 cm³/mol. The van der Waals surface area contributed by atoms with Crippen LogP contribution in [0.5, 0.6) is 0 Å². The second kappa shape index (κ2) is 6.53. The zero-order valence-electron chi connectivity index (χ0n) is 10.9. The van der Waals surface area contributed by atoms with E-state index in [0.717, 1.165) is 5.56 Å². The Morgan fingerprint density at radius 1 is 1.50 bits per heavy atom. The maximum absolute atomic E-state index is 11.7. The van der Waals surface area contributed by atoms with Gasteiger partial charge in [0.2, 0.25) is 11.8 Å². The van der Waals surface area contributed by atoms with Gasteiger partial charge in [-0.05, 0) is 30.2 Å². The van der Waals surface area contributed by atoms with E-state index in [1.54, 1.807) is 24.3 Å². The SMILES string of the molecule is N#Cc1cccc(C=CC(=O)NC2CCC(=O)NC2)c1. The van der Waals surface area contributed by atoms with Gasteiger partial charge < -0.3 is 10.6 Å². The molecule has 1 aliphatic rings. The van der Waals surface area contributed by atoms with Gasteiger partial charge in [-0.3, -0.25) is 9.59 Å². The Hall–Kier alpha value is -2.61. The Kier molecular flexibility index (Phi) is 4.51. The van der Waals surface area contributed by atoms with Crippen molar-refractivity contribution in [2.45, 2.75) is 18.9 Å². The average Bonchev–Trinajstić information content (AvgIpc) is 2.48. The van der Waals surface area contributed by atoms with Gasteiger partial charge in [-0.1, -0.05) is 12.1 Å². The van der Waals surface area contributed by atoms with E-state index >= 15 is 0 Å². The van der Waals surface area contributed by atoms with Crippen molar-refractivity contribution in [2.75, 3.05) is 6.54 Å². The van der Waals surface area contributed by atoms with E-state index in [4.69, 9.17) is 5.26 Å². The Bertz CT molecular complexity index is 577. The van der Waals surface area contributed by atoms with E-state index in [1.165, 1.54) is 6.08 Å². The number of benzene rings is 1. The van der Waals surface area contributed by atoms with Crippen molar-refractivity contribution < 1.29 is 9.59 Å². The molecule has 0 aromatic heterocycles. The topological polar surface area (TPSA) is 82.0 Å². The number of carbonyl (C=O) groups excluding carboxylic acids is 2. The number of nitrogens with one attached hydrogen (secondary N) is 2. The lowest BCUT2D eigenvalue weighted by atomic mass is 10.1. The summed E-state index contributed by atoms with van der Waals surface area (Å²) in [5, 5.41) is 14.3. The van der Waals surface area contributed by atoms with Gasteiger partial charge in [0.15, 0.2) is 0 Å². The second-order valence-electron chi connectivity index (χ2n) is 4.62. The molecule has 102 valence electrons. The monoisotopic (exact) mass is 269 g/mol. The Morgan fingerprint density at radius 3 is 3.05 bits per heavy atom. The lowest BCUT2D eigenvalue weighted by Crippen LogP contribution is -2.47. The third-order valence-corrected chi connectivity index (χ3v) is 3.05. The highest BCUT2D eigenvalue weighted by molar-refractivity contribution is 5.92. The van der Waals surface area contributed by atoms with Gasteiger partial charge in [0.1, 0.15) is 0 Å². The number of nitriles is 1. The van der Waals surface area contributed by atoms with E-state index < -0.39 is 0 Å². The van der Waals surface area contributed by atoms with Crippen LogP contribution in [-0.4, -0.2) is 24.4 Å². The summed E-state index contributed by atoms with van der Waals surface area (Å²) >= 11 is 0. The van der Waals surface area contributed by atoms with E-state index in [-0.39, 0.29) is 17.9 Å². The van der Waals surface area contributed by atoms with E-state index in [0.29, 0.717) is 24.9 Å². The molecule has 2 amide bonds. The van der Waals surface area contributed by atoms with Crippen LogP contribution >= 0.6 is 0 Å². The highest BCUT2D eigenvalue weighted by Crippen LogP contribution is 2.06. The van der Waals surface area contributed by atoms with Gasteiger partial charge in [-0.15, -0.1) is 0 Å². The third kappa shape index (κ3) is 3.95. The summed E-state index contributed by atoms with van der Waals surface area (Å²) < 4.78 is 0. The highest BCUT2D eigenvalue weighted by Gasteiger charge is 2.18. The molecule has 2 N–H and O–H groups in total. The van der Waals surface area contributed by atoms with Gasteiger partial charge >= 0.3 is 0 Å². The number of carbonyl (C=O) groups is 2. The van der Waals surface area contributed by atoms with Crippen molar-refractivity contribution in [1.29, 1.82) is 5.26 Å². The number of amides is 2. The first-order valence-corrected chi connectivity index (χ1v) is 6.43. The molecule has 0 bridgehead atoms. The number of piperidine rings is 1. The zero-order chi connectivity index (χ0) is 14.4. The summed E-state index contributed by atoms with van der Waals surface area (Å²) in [5.41, 5.74) is 1.36. The van der Waals surface area contributed by atoms with Gasteiger partial charge in [0.25, 0.3) is 0 Å². The fraction of sp³-hybridized carbons (Fsp3) is 0.267. The van der Waals surface area contributed by atoms with Crippen molar-refractivity contribution in [3.63, 3.8) is 0 Å². The third-order valence-electron chi connectivity index (χ3n) is 3.05. The van der Waals surface area contributed by atoms with Crippen LogP contribution < -0.4 is 10.6 Å². The minimum Gasteiger partial charge on any atom is -0.354 e. The lowest BCUT2D eigenvalue weighted by Gasteiger charge is -2.22. The molecule has 1 aromatic carbocycles. The molecule has 0 spiro atoms. The molecule has 5 heteroatoms. The van der Waals surface area contributed by atoms with Crippen LogP contribution in [0.25, 0.3) is 6.08 Å². The molecule has 5 nitrogen and oxygen atoms in total. The molecule has 1 fully saturated rings. The van der Waals surface area contributed by atoms with Crippen molar-refractivity contribution in [1.82, 2.24) is 10.6 Å². The highest BCUT2D eigenvalue weighted by atomic mass is 16.2. The minimum atomic E-state index is -0.200. The molecule has 1 heterocycles. The molecule has 0 radical (unpaired) electrons. The summed E-state index contributed by atoms with van der Waals surface area (Å²) in [5.74, 6) is -0.173. The second-order valence-corrected chi connectivity index (χ2v) is 4.62. The maximum atomic E-state index is 11.7. The first-order chi connectivity index (χ1) is 9.67. The molecule has 0 saturated carbocycles. The minimum absolute atomic E-state index is 0.0182. The number of nitrogens with zero attached hydrogens (tertiary/aromatic N) is 1. The summed E-state index contributed by atoms with van der Waals surface area (Å²) in [4.78, 5) is 22.7. The summed E-state index contributed by atoms with van der Waals surface area (Å²) in [6.45, 7) is 0.475. The smallest absolute Gasteiger partial charge is 0.244 e. The summed E-state index contributed by atoms with van der Waals surface area (Å²) in [6, 6.07) is 9.05. The summed E-state index contributed by atoms with van der Waals surface area (Å²) in [6.07, 6.45) is 4.21. The van der Waals surface area contributed by atoms with Crippen LogP contribution in [0, 0.1) is 11.3 Å². The van der Waals surface area contributed by atoms with Crippen molar-refractivity contribution in [3.05, 3.63) is 41.5 Å². The molecule has 1 atom stereocenters. The van der Waals surface area contributed by atoms with Crippen LogP contribution in [0.3, 0.4) is 0 Å². The van der Waals surface area contributed by atoms with Crippen LogP contribution in [-0.2, 0) is 9.59 Å². The van der Waals surface area contributed by atoms with Crippen molar-refractivity contribution in [2.24, 2.45) is 0 Å². The Morgan fingerprint density at radius 2 is 2.35 bits per heavy atom. The molecule has 1 aliphatic heterocycles. The molecular weight excluding hydrogens is 254 g/mol. The number of hydrogen-bond acceptors (Lipinski definition) is 3. The largest absolute Gasteiger partial charge is 0.354 e. The van der Waals surface area contributed by atoms with Crippen LogP contribution in [0.15, 0.2) is 30.3 Å². The van der Waals surface area contributed by atoms with Gasteiger partial charge in [-0.25, -0.2) is 0 Å². The quantitative estimate of drug-likeness (QED) is 0.802. The zero-order valence-corrected chi connectivity index (χ0v) is 10.9. The first kappa shape index (κ1) is 13.8. The molecule has 1 aromatic rings. The van der Waals surface area contributed by atoms with Crippen LogP contribution in [0.4, 0.5) is 0 Å². The van der Waals surface area contributed by atoms with Crippen LogP contribution in [0.1, 0.15) is 24.0 Å². The van der Waals surface area contributed by atoms with Gasteiger partial charge in [-0.2, -0.15) is 5.26 Å². The van der Waals surface area contributed by atoms with Gasteiger partial charge in [0.05, 0.1) is 11.6 Å². The average molecular weight is 269 g/mol. The molecule has 20 heavy (non-hydrogen) atoms. The Balaban J connectivity index is 1.89. The fourth-order valence-corrected chi connectivity index (χ4v) is 1.99. The predicted octanol–water partition coefficient (Wildman–Crippen LogP) is 0.966. The van der Waals surface area contributed by atoms with Crippen molar-refractivity contribution >= 4 is 17.9 Å². The molecule has 1 unspecified atom stereocenters. The Labute approximate surface area is 117 Å². The van der Waals surface area contributed by atoms with Gasteiger partial charge in [0, 0.05) is 25.1 Å². The van der Waals surface area contributed by atoms with E-state index in [2.05, 4.69) is 16.7 Å². The number of rotatable bonds is 3. The lowest BCUT2D eigenvalue weighted by molar-refractivity contribution is -0.124.